The smallest absolute Gasteiger partial charge is 0.345 e. The Labute approximate surface area is 160 Å². The summed E-state index contributed by atoms with van der Waals surface area (Å²) in [5.74, 6) is -0.473. The lowest BCUT2D eigenvalue weighted by molar-refractivity contribution is -0.140. The molecule has 0 radical (unpaired) electrons. The number of carbonyl (C=O) groups excluding carboxylic acids is 2. The van der Waals surface area contributed by atoms with E-state index in [1.807, 2.05) is 28.9 Å². The number of pyridine rings is 1. The lowest BCUT2D eigenvalue weighted by Crippen LogP contribution is -2.48. The number of likely N-dealkylation sites (tertiary alicyclic amines) is 1. The summed E-state index contributed by atoms with van der Waals surface area (Å²) in [5.41, 5.74) is 1.89. The number of nitrogens with zero attached hydrogens (tertiary/aromatic N) is 3. The van der Waals surface area contributed by atoms with Crippen molar-refractivity contribution in [2.24, 2.45) is 0 Å². The van der Waals surface area contributed by atoms with Crippen LogP contribution in [-0.4, -0.2) is 51.6 Å². The lowest BCUT2D eigenvalue weighted by Gasteiger charge is -2.24. The molecule has 3 rings (SSSR count). The third kappa shape index (κ3) is 4.02. The molecule has 1 atom stereocenters. The zero-order valence-corrected chi connectivity index (χ0v) is 15.6. The van der Waals surface area contributed by atoms with E-state index < -0.39 is 24.7 Å². The second kappa shape index (κ2) is 7.65. The van der Waals surface area contributed by atoms with Gasteiger partial charge in [-0.2, -0.15) is 13.2 Å². The summed E-state index contributed by atoms with van der Waals surface area (Å²) in [6, 6.07) is 6.27. The summed E-state index contributed by atoms with van der Waals surface area (Å²) in [7, 11) is 0. The maximum absolute atomic E-state index is 13.1. The second-order valence-corrected chi connectivity index (χ2v) is 6.80. The van der Waals surface area contributed by atoms with E-state index in [9.17, 15) is 22.8 Å². The highest BCUT2D eigenvalue weighted by molar-refractivity contribution is 5.99. The van der Waals surface area contributed by atoms with E-state index >= 15 is 0 Å². The van der Waals surface area contributed by atoms with Crippen molar-refractivity contribution < 1.29 is 22.8 Å². The molecule has 1 saturated heterocycles. The van der Waals surface area contributed by atoms with Crippen molar-refractivity contribution in [1.82, 2.24) is 19.8 Å². The summed E-state index contributed by atoms with van der Waals surface area (Å²) < 4.78 is 39.0. The average molecular weight is 394 g/mol. The molecule has 0 spiro atoms. The largest absolute Gasteiger partial charge is 0.405 e. The van der Waals surface area contributed by atoms with Crippen molar-refractivity contribution in [2.75, 3.05) is 13.1 Å². The first-order valence-corrected chi connectivity index (χ1v) is 8.95. The number of hydrogen-bond acceptors (Lipinski definition) is 3. The van der Waals surface area contributed by atoms with Crippen molar-refractivity contribution in [3.05, 3.63) is 47.4 Å². The van der Waals surface area contributed by atoms with E-state index in [-0.39, 0.29) is 5.91 Å². The molecule has 9 heteroatoms. The van der Waals surface area contributed by atoms with Gasteiger partial charge in [-0.3, -0.25) is 9.59 Å². The molecule has 1 unspecified atom stereocenters. The van der Waals surface area contributed by atoms with E-state index in [2.05, 4.69) is 4.98 Å². The normalized spacial score (nSPS) is 17.0. The fraction of sp³-hybridized carbons (Fsp3) is 0.421. The highest BCUT2D eigenvalue weighted by atomic mass is 19.4. The number of nitrogens with one attached hydrogen (secondary N) is 1. The average Bonchev–Trinajstić information content (AvgIpc) is 3.24. The number of halogens is 3. The van der Waals surface area contributed by atoms with Gasteiger partial charge in [-0.05, 0) is 44.9 Å². The van der Waals surface area contributed by atoms with E-state index in [0.29, 0.717) is 36.5 Å². The number of aromatic nitrogens is 2. The predicted molar refractivity (Wildman–Crippen MR) is 96.2 cm³/mol. The third-order valence-corrected chi connectivity index (χ3v) is 4.82. The van der Waals surface area contributed by atoms with Crippen LogP contribution < -0.4 is 5.32 Å². The quantitative estimate of drug-likeness (QED) is 0.867. The van der Waals surface area contributed by atoms with E-state index in [0.717, 1.165) is 5.69 Å². The molecule has 2 aromatic rings. The van der Waals surface area contributed by atoms with Gasteiger partial charge in [-0.1, -0.05) is 6.07 Å². The van der Waals surface area contributed by atoms with Gasteiger partial charge >= 0.3 is 6.18 Å². The Bertz CT molecular complexity index is 877. The molecule has 0 saturated carbocycles. The van der Waals surface area contributed by atoms with Crippen LogP contribution in [0.5, 0.6) is 0 Å². The van der Waals surface area contributed by atoms with Gasteiger partial charge in [0.2, 0.25) is 5.91 Å². The van der Waals surface area contributed by atoms with Crippen LogP contribution in [0.4, 0.5) is 13.2 Å². The van der Waals surface area contributed by atoms with Crippen LogP contribution in [0, 0.1) is 13.8 Å². The first kappa shape index (κ1) is 19.9. The minimum Gasteiger partial charge on any atom is -0.345 e. The van der Waals surface area contributed by atoms with E-state index in [4.69, 9.17) is 0 Å². The number of alkyl halides is 3. The highest BCUT2D eigenvalue weighted by Gasteiger charge is 2.37. The summed E-state index contributed by atoms with van der Waals surface area (Å²) >= 11 is 0. The Morgan fingerprint density at radius 2 is 2.04 bits per heavy atom. The zero-order chi connectivity index (χ0) is 20.5. The van der Waals surface area contributed by atoms with E-state index in [1.54, 1.807) is 25.3 Å². The SMILES string of the molecule is Cc1cc(C(=O)N2CCCC2C(=O)NCC(F)(F)F)c(C)n1-c1ccccn1. The van der Waals surface area contributed by atoms with Crippen LogP contribution in [0.3, 0.4) is 0 Å². The fourth-order valence-electron chi connectivity index (χ4n) is 3.56. The van der Waals surface area contributed by atoms with Crippen LogP contribution >= 0.6 is 0 Å². The van der Waals surface area contributed by atoms with Gasteiger partial charge in [0.1, 0.15) is 18.4 Å². The Morgan fingerprint density at radius 1 is 1.29 bits per heavy atom. The molecule has 0 aromatic carbocycles. The van der Waals surface area contributed by atoms with Crippen molar-refractivity contribution in [3.8, 4) is 5.82 Å². The van der Waals surface area contributed by atoms with Gasteiger partial charge in [0.05, 0.1) is 5.56 Å². The van der Waals surface area contributed by atoms with E-state index in [1.165, 1.54) is 4.90 Å². The Kier molecular flexibility index (Phi) is 5.44. The lowest BCUT2D eigenvalue weighted by atomic mass is 10.1. The zero-order valence-electron chi connectivity index (χ0n) is 15.6. The Morgan fingerprint density at radius 3 is 2.68 bits per heavy atom. The van der Waals surface area contributed by atoms with Crippen LogP contribution in [0.15, 0.2) is 30.5 Å². The second-order valence-electron chi connectivity index (χ2n) is 6.80. The van der Waals surface area contributed by atoms with Crippen molar-refractivity contribution in [1.29, 1.82) is 0 Å². The number of rotatable bonds is 4. The summed E-state index contributed by atoms with van der Waals surface area (Å²) in [6.45, 7) is 2.55. The molecule has 6 nitrogen and oxygen atoms in total. The maximum Gasteiger partial charge on any atom is 0.405 e. The summed E-state index contributed by atoms with van der Waals surface area (Å²) in [6.07, 6.45) is -1.93. The molecule has 0 aliphatic carbocycles. The molecule has 1 N–H and O–H groups in total. The highest BCUT2D eigenvalue weighted by Crippen LogP contribution is 2.25. The molecular weight excluding hydrogens is 373 g/mol. The Balaban J connectivity index is 1.83. The number of carbonyl (C=O) groups is 2. The maximum atomic E-state index is 13.1. The van der Waals surface area contributed by atoms with Gasteiger partial charge in [0, 0.05) is 24.1 Å². The van der Waals surface area contributed by atoms with Crippen molar-refractivity contribution >= 4 is 11.8 Å². The van der Waals surface area contributed by atoms with Crippen LogP contribution in [0.1, 0.15) is 34.6 Å². The number of hydrogen-bond donors (Lipinski definition) is 1. The molecule has 150 valence electrons. The van der Waals surface area contributed by atoms with Gasteiger partial charge in [0.15, 0.2) is 0 Å². The molecule has 2 aromatic heterocycles. The molecule has 2 amide bonds. The topological polar surface area (TPSA) is 67.2 Å². The van der Waals surface area contributed by atoms with Gasteiger partial charge in [-0.15, -0.1) is 0 Å². The predicted octanol–water partition coefficient (Wildman–Crippen LogP) is 2.77. The van der Waals surface area contributed by atoms with Crippen LogP contribution in [0.2, 0.25) is 0 Å². The molecule has 3 heterocycles. The molecule has 0 bridgehead atoms. The molecule has 1 aliphatic rings. The van der Waals surface area contributed by atoms with Crippen LogP contribution in [0.25, 0.3) is 5.82 Å². The van der Waals surface area contributed by atoms with Crippen molar-refractivity contribution in [3.63, 3.8) is 0 Å². The van der Waals surface area contributed by atoms with Gasteiger partial charge in [-0.25, -0.2) is 4.98 Å². The Hall–Kier alpha value is -2.84. The molecule has 1 aliphatic heterocycles. The molecule has 28 heavy (non-hydrogen) atoms. The van der Waals surface area contributed by atoms with Crippen molar-refractivity contribution in [2.45, 2.75) is 38.9 Å². The van der Waals surface area contributed by atoms with Crippen LogP contribution in [-0.2, 0) is 4.79 Å². The monoisotopic (exact) mass is 394 g/mol. The number of amides is 2. The first-order chi connectivity index (χ1) is 13.2. The first-order valence-electron chi connectivity index (χ1n) is 8.95. The molecular formula is C19H21F3N4O2. The summed E-state index contributed by atoms with van der Waals surface area (Å²) in [4.78, 5) is 30.9. The third-order valence-electron chi connectivity index (χ3n) is 4.82. The molecule has 1 fully saturated rings. The minimum atomic E-state index is -4.49. The fourth-order valence-corrected chi connectivity index (χ4v) is 3.56. The van der Waals surface area contributed by atoms with Gasteiger partial charge in [0.25, 0.3) is 5.91 Å². The number of aryl methyl sites for hydroxylation is 1. The van der Waals surface area contributed by atoms with Gasteiger partial charge < -0.3 is 14.8 Å². The minimum absolute atomic E-state index is 0.330. The standard InChI is InChI=1S/C19H21F3N4O2/c1-12-10-14(13(2)26(12)16-7-3-4-8-23-16)18(28)25-9-5-6-15(25)17(27)24-11-19(20,21)22/h3-4,7-8,10,15H,5-6,9,11H2,1-2H3,(H,24,27). The summed E-state index contributed by atoms with van der Waals surface area (Å²) in [5, 5.41) is 1.88.